The Balaban J connectivity index is 2.85. The molecule has 2 amide bonds. The largest absolute Gasteiger partial charge is 0.358 e. The van der Waals surface area contributed by atoms with Gasteiger partial charge in [-0.15, -0.1) is 0 Å². The lowest BCUT2D eigenvalue weighted by Crippen LogP contribution is -2.35. The molecule has 4 N–H and O–H groups in total. The van der Waals surface area contributed by atoms with Crippen molar-refractivity contribution in [3.63, 3.8) is 0 Å². The molecule has 0 aromatic heterocycles. The zero-order valence-corrected chi connectivity index (χ0v) is 11.0. The van der Waals surface area contributed by atoms with Gasteiger partial charge in [-0.25, -0.2) is 0 Å². The molecular weight excluding hydrogens is 242 g/mol. The van der Waals surface area contributed by atoms with Crippen molar-refractivity contribution in [2.24, 2.45) is 5.73 Å². The molecule has 100 valence electrons. The van der Waals surface area contributed by atoms with Crippen LogP contribution in [0.3, 0.4) is 0 Å². The fraction of sp³-hybridized carbons (Fsp3) is 0.286. The number of hydrogen-bond acceptors (Lipinski definition) is 3. The fourth-order valence-electron chi connectivity index (χ4n) is 1.49. The van der Waals surface area contributed by atoms with Gasteiger partial charge >= 0.3 is 0 Å². The molecule has 0 radical (unpaired) electrons. The Bertz CT molecular complexity index is 541. The third-order valence-corrected chi connectivity index (χ3v) is 2.36. The lowest BCUT2D eigenvalue weighted by atomic mass is 10.1. The minimum Gasteiger partial charge on any atom is -0.358 e. The van der Waals surface area contributed by atoms with E-state index in [0.29, 0.717) is 5.56 Å². The summed E-state index contributed by atoms with van der Waals surface area (Å²) in [5.74, 6) is 5.07. The molecule has 0 spiro atoms. The number of benzene rings is 1. The Hall–Kier alpha value is -2.32. The van der Waals surface area contributed by atoms with Crippen molar-refractivity contribution in [1.29, 1.82) is 0 Å². The predicted octanol–water partition coefficient (Wildman–Crippen LogP) is -0.219. The second kappa shape index (κ2) is 7.19. The van der Waals surface area contributed by atoms with Gasteiger partial charge in [0, 0.05) is 18.2 Å². The van der Waals surface area contributed by atoms with Gasteiger partial charge in [0.25, 0.3) is 5.91 Å². The standard InChI is InChI=1S/C14H17N3O2/c1-10-6-11(4-3-5-15)8-12(7-10)14(19)17-9-13(18)16-2/h6-8H,5,9,15H2,1-2H3,(H,16,18)(H,17,19). The van der Waals surface area contributed by atoms with E-state index in [2.05, 4.69) is 22.5 Å². The van der Waals surface area contributed by atoms with Crippen LogP contribution in [0.1, 0.15) is 21.5 Å². The quantitative estimate of drug-likeness (QED) is 0.656. The molecule has 0 fully saturated rings. The molecule has 5 nitrogen and oxygen atoms in total. The van der Waals surface area contributed by atoms with Crippen molar-refractivity contribution < 1.29 is 9.59 Å². The van der Waals surface area contributed by atoms with Gasteiger partial charge < -0.3 is 16.4 Å². The molecule has 0 saturated carbocycles. The Morgan fingerprint density at radius 1 is 1.32 bits per heavy atom. The van der Waals surface area contributed by atoms with Crippen LogP contribution < -0.4 is 16.4 Å². The summed E-state index contributed by atoms with van der Waals surface area (Å²) in [5.41, 5.74) is 7.45. The summed E-state index contributed by atoms with van der Waals surface area (Å²) < 4.78 is 0. The summed E-state index contributed by atoms with van der Waals surface area (Å²) in [6.07, 6.45) is 0. The molecule has 1 aromatic carbocycles. The van der Waals surface area contributed by atoms with Gasteiger partial charge in [0.15, 0.2) is 0 Å². The van der Waals surface area contributed by atoms with Gasteiger partial charge in [-0.1, -0.05) is 11.8 Å². The van der Waals surface area contributed by atoms with Crippen LogP contribution >= 0.6 is 0 Å². The minimum absolute atomic E-state index is 0.0485. The van der Waals surface area contributed by atoms with Gasteiger partial charge in [0.2, 0.25) is 5.91 Å². The first-order valence-corrected chi connectivity index (χ1v) is 5.86. The second-order valence-corrected chi connectivity index (χ2v) is 3.95. The van der Waals surface area contributed by atoms with Crippen LogP contribution in [0.2, 0.25) is 0 Å². The number of nitrogens with one attached hydrogen (secondary N) is 2. The molecule has 19 heavy (non-hydrogen) atoms. The molecule has 1 rings (SSSR count). The van der Waals surface area contributed by atoms with E-state index in [1.54, 1.807) is 12.1 Å². The van der Waals surface area contributed by atoms with Crippen LogP contribution in [-0.2, 0) is 4.79 Å². The summed E-state index contributed by atoms with van der Waals surface area (Å²) in [4.78, 5) is 22.9. The lowest BCUT2D eigenvalue weighted by Gasteiger charge is -2.06. The average molecular weight is 259 g/mol. The monoisotopic (exact) mass is 259 g/mol. The molecule has 0 atom stereocenters. The van der Waals surface area contributed by atoms with Crippen molar-refractivity contribution in [2.45, 2.75) is 6.92 Å². The van der Waals surface area contributed by atoms with Gasteiger partial charge in [0.05, 0.1) is 13.1 Å². The summed E-state index contributed by atoms with van der Waals surface area (Å²) >= 11 is 0. The SMILES string of the molecule is CNC(=O)CNC(=O)c1cc(C)cc(C#CCN)c1. The summed E-state index contributed by atoms with van der Waals surface area (Å²) in [5, 5.41) is 4.97. The first-order valence-electron chi connectivity index (χ1n) is 5.86. The van der Waals surface area contributed by atoms with Crippen molar-refractivity contribution in [3.05, 3.63) is 34.9 Å². The maximum Gasteiger partial charge on any atom is 0.251 e. The van der Waals surface area contributed by atoms with E-state index >= 15 is 0 Å². The van der Waals surface area contributed by atoms with Gasteiger partial charge in [-0.3, -0.25) is 9.59 Å². The fourth-order valence-corrected chi connectivity index (χ4v) is 1.49. The Kier molecular flexibility index (Phi) is 5.58. The number of rotatable bonds is 3. The van der Waals surface area contributed by atoms with Crippen LogP contribution in [0.25, 0.3) is 0 Å². The molecule has 0 saturated heterocycles. The van der Waals surface area contributed by atoms with E-state index in [4.69, 9.17) is 5.73 Å². The highest BCUT2D eigenvalue weighted by Crippen LogP contribution is 2.08. The van der Waals surface area contributed by atoms with Crippen LogP contribution in [0.5, 0.6) is 0 Å². The van der Waals surface area contributed by atoms with Crippen LogP contribution in [0.15, 0.2) is 18.2 Å². The summed E-state index contributed by atoms with van der Waals surface area (Å²) in [6.45, 7) is 2.10. The first kappa shape index (κ1) is 14.7. The van der Waals surface area contributed by atoms with Gasteiger partial charge in [-0.05, 0) is 30.7 Å². The van der Waals surface area contributed by atoms with Crippen molar-refractivity contribution in [2.75, 3.05) is 20.1 Å². The Morgan fingerprint density at radius 2 is 2.05 bits per heavy atom. The molecule has 0 aliphatic rings. The third-order valence-electron chi connectivity index (χ3n) is 2.36. The number of likely N-dealkylation sites (N-methyl/N-ethyl adjacent to an activating group) is 1. The Labute approximate surface area is 112 Å². The van der Waals surface area contributed by atoms with E-state index in [1.165, 1.54) is 7.05 Å². The molecule has 0 unspecified atom stereocenters. The first-order chi connectivity index (χ1) is 9.06. The number of carbonyl (C=O) groups is 2. The topological polar surface area (TPSA) is 84.2 Å². The van der Waals surface area contributed by atoms with Gasteiger partial charge in [-0.2, -0.15) is 0 Å². The highest BCUT2D eigenvalue weighted by Gasteiger charge is 2.08. The lowest BCUT2D eigenvalue weighted by molar-refractivity contribution is -0.119. The van der Waals surface area contributed by atoms with Crippen molar-refractivity contribution in [3.8, 4) is 11.8 Å². The molecule has 1 aromatic rings. The number of amides is 2. The average Bonchev–Trinajstić information content (AvgIpc) is 2.41. The zero-order chi connectivity index (χ0) is 14.3. The molecule has 0 aliphatic carbocycles. The summed E-state index contributed by atoms with van der Waals surface area (Å²) in [7, 11) is 1.52. The smallest absolute Gasteiger partial charge is 0.251 e. The number of aryl methyl sites for hydroxylation is 1. The predicted molar refractivity (Wildman–Crippen MR) is 73.5 cm³/mol. The Morgan fingerprint density at radius 3 is 2.68 bits per heavy atom. The van der Waals surface area contributed by atoms with E-state index < -0.39 is 0 Å². The van der Waals surface area contributed by atoms with E-state index in [1.807, 2.05) is 13.0 Å². The second-order valence-electron chi connectivity index (χ2n) is 3.95. The summed E-state index contributed by atoms with van der Waals surface area (Å²) in [6, 6.07) is 5.29. The van der Waals surface area contributed by atoms with Gasteiger partial charge in [0.1, 0.15) is 0 Å². The van der Waals surface area contributed by atoms with Crippen LogP contribution in [-0.4, -0.2) is 32.0 Å². The minimum atomic E-state index is -0.303. The molecular formula is C14H17N3O2. The highest BCUT2D eigenvalue weighted by molar-refractivity contribution is 5.96. The maximum atomic E-state index is 11.9. The highest BCUT2D eigenvalue weighted by atomic mass is 16.2. The van der Waals surface area contributed by atoms with Crippen LogP contribution in [0, 0.1) is 18.8 Å². The third kappa shape index (κ3) is 4.82. The van der Waals surface area contributed by atoms with Crippen LogP contribution in [0.4, 0.5) is 0 Å². The zero-order valence-electron chi connectivity index (χ0n) is 11.0. The number of nitrogens with two attached hydrogens (primary N) is 1. The maximum absolute atomic E-state index is 11.9. The van der Waals surface area contributed by atoms with Crippen molar-refractivity contribution >= 4 is 11.8 Å². The molecule has 5 heteroatoms. The van der Waals surface area contributed by atoms with Crippen molar-refractivity contribution in [1.82, 2.24) is 10.6 Å². The van der Waals surface area contributed by atoms with E-state index in [0.717, 1.165) is 11.1 Å². The molecule has 0 bridgehead atoms. The number of hydrogen-bond donors (Lipinski definition) is 3. The van der Waals surface area contributed by atoms with E-state index in [-0.39, 0.29) is 24.9 Å². The normalized spacial score (nSPS) is 9.21. The molecule has 0 aliphatic heterocycles. The molecule has 0 heterocycles. The van der Waals surface area contributed by atoms with E-state index in [9.17, 15) is 9.59 Å². The number of carbonyl (C=O) groups excluding carboxylic acids is 2.